The molecule has 1 aliphatic heterocycles. The SMILES string of the molecule is Cc1cc2c(c(-c3nnnn3C)c1)O[C@@H](CN)C2. The Hall–Kier alpha value is -1.95. The molecule has 0 unspecified atom stereocenters. The van der Waals surface area contributed by atoms with Gasteiger partial charge in [0.15, 0.2) is 5.82 Å². The second-order valence-electron chi connectivity index (χ2n) is 4.61. The van der Waals surface area contributed by atoms with Gasteiger partial charge in [-0.05, 0) is 34.5 Å². The van der Waals surface area contributed by atoms with Crippen LogP contribution < -0.4 is 10.5 Å². The molecule has 2 N–H and O–H groups in total. The Bertz CT molecular complexity index is 592. The fraction of sp³-hybridized carbons (Fsp3) is 0.417. The highest BCUT2D eigenvalue weighted by Gasteiger charge is 2.26. The number of aryl methyl sites for hydroxylation is 2. The molecule has 1 aromatic carbocycles. The van der Waals surface area contributed by atoms with E-state index in [1.54, 1.807) is 4.68 Å². The van der Waals surface area contributed by atoms with E-state index in [-0.39, 0.29) is 6.10 Å². The van der Waals surface area contributed by atoms with Crippen LogP contribution in [0.1, 0.15) is 11.1 Å². The number of nitrogens with two attached hydrogens (primary N) is 1. The number of nitrogens with zero attached hydrogens (tertiary/aromatic N) is 4. The lowest BCUT2D eigenvalue weighted by atomic mass is 10.0. The van der Waals surface area contributed by atoms with Crippen molar-refractivity contribution in [3.8, 4) is 17.1 Å². The number of fused-ring (bicyclic) bond motifs is 1. The van der Waals surface area contributed by atoms with Crippen LogP contribution in [0.5, 0.6) is 5.75 Å². The first-order chi connectivity index (χ1) is 8.69. The first-order valence-corrected chi connectivity index (χ1v) is 5.92. The summed E-state index contributed by atoms with van der Waals surface area (Å²) in [4.78, 5) is 0. The molecule has 0 amide bonds. The van der Waals surface area contributed by atoms with Crippen LogP contribution in [0, 0.1) is 6.92 Å². The number of tetrazole rings is 1. The van der Waals surface area contributed by atoms with Crippen LogP contribution in [0.15, 0.2) is 12.1 Å². The van der Waals surface area contributed by atoms with Crippen LogP contribution >= 0.6 is 0 Å². The van der Waals surface area contributed by atoms with Gasteiger partial charge in [-0.15, -0.1) is 5.10 Å². The second kappa shape index (κ2) is 4.06. The molecule has 0 radical (unpaired) electrons. The third-order valence-electron chi connectivity index (χ3n) is 3.17. The molecule has 2 heterocycles. The average molecular weight is 245 g/mol. The number of rotatable bonds is 2. The number of hydrogen-bond donors (Lipinski definition) is 1. The van der Waals surface area contributed by atoms with Gasteiger partial charge in [-0.25, -0.2) is 4.68 Å². The molecular weight excluding hydrogens is 230 g/mol. The zero-order chi connectivity index (χ0) is 12.7. The Morgan fingerprint density at radius 1 is 1.50 bits per heavy atom. The van der Waals surface area contributed by atoms with Gasteiger partial charge in [0, 0.05) is 20.0 Å². The Balaban J connectivity index is 2.15. The summed E-state index contributed by atoms with van der Waals surface area (Å²) in [6.45, 7) is 2.58. The lowest BCUT2D eigenvalue weighted by Gasteiger charge is -2.10. The van der Waals surface area contributed by atoms with Crippen LogP contribution in [0.2, 0.25) is 0 Å². The van der Waals surface area contributed by atoms with Gasteiger partial charge in [-0.2, -0.15) is 0 Å². The summed E-state index contributed by atoms with van der Waals surface area (Å²) >= 11 is 0. The van der Waals surface area contributed by atoms with E-state index in [0.29, 0.717) is 12.4 Å². The summed E-state index contributed by atoms with van der Waals surface area (Å²) in [5.41, 5.74) is 8.98. The van der Waals surface area contributed by atoms with Crippen LogP contribution in [-0.4, -0.2) is 32.9 Å². The van der Waals surface area contributed by atoms with E-state index in [2.05, 4.69) is 28.5 Å². The summed E-state index contributed by atoms with van der Waals surface area (Å²) in [5, 5.41) is 11.6. The normalized spacial score (nSPS) is 17.6. The number of benzene rings is 1. The van der Waals surface area contributed by atoms with Crippen molar-refractivity contribution in [2.75, 3.05) is 6.54 Å². The van der Waals surface area contributed by atoms with E-state index in [1.165, 1.54) is 11.1 Å². The second-order valence-corrected chi connectivity index (χ2v) is 4.61. The molecule has 0 bridgehead atoms. The topological polar surface area (TPSA) is 78.8 Å². The standard InChI is InChI=1S/C12H15N5O/c1-7-3-8-5-9(6-13)18-11(8)10(4-7)12-14-15-16-17(12)2/h3-4,9H,5-6,13H2,1-2H3/t9-/m1/s1. The maximum atomic E-state index is 5.89. The molecule has 0 spiro atoms. The van der Waals surface area contributed by atoms with E-state index in [0.717, 1.165) is 17.7 Å². The van der Waals surface area contributed by atoms with E-state index >= 15 is 0 Å². The van der Waals surface area contributed by atoms with Gasteiger partial charge in [0.2, 0.25) is 0 Å². The first-order valence-electron chi connectivity index (χ1n) is 5.92. The van der Waals surface area contributed by atoms with Crippen LogP contribution in [0.3, 0.4) is 0 Å². The summed E-state index contributed by atoms with van der Waals surface area (Å²) in [7, 11) is 1.82. The number of ether oxygens (including phenoxy) is 1. The molecule has 0 aliphatic carbocycles. The smallest absolute Gasteiger partial charge is 0.185 e. The monoisotopic (exact) mass is 245 g/mol. The van der Waals surface area contributed by atoms with Crippen LogP contribution in [0.25, 0.3) is 11.4 Å². The zero-order valence-electron chi connectivity index (χ0n) is 10.4. The fourth-order valence-electron chi connectivity index (χ4n) is 2.35. The molecule has 1 atom stereocenters. The van der Waals surface area contributed by atoms with Crippen molar-refractivity contribution in [2.24, 2.45) is 12.8 Å². The van der Waals surface area contributed by atoms with Gasteiger partial charge in [0.1, 0.15) is 11.9 Å². The minimum atomic E-state index is 0.0572. The Kier molecular flexibility index (Phi) is 2.52. The summed E-state index contributed by atoms with van der Waals surface area (Å²) in [5.74, 6) is 1.58. The molecule has 3 rings (SSSR count). The molecular formula is C12H15N5O. The molecule has 6 heteroatoms. The third kappa shape index (κ3) is 1.65. The van der Waals surface area contributed by atoms with E-state index in [1.807, 2.05) is 13.1 Å². The number of aromatic nitrogens is 4. The van der Waals surface area contributed by atoms with Crippen molar-refractivity contribution in [3.63, 3.8) is 0 Å². The average Bonchev–Trinajstić information content (AvgIpc) is 2.93. The van der Waals surface area contributed by atoms with Crippen molar-refractivity contribution >= 4 is 0 Å². The predicted octanol–water partition coefficient (Wildman–Crippen LogP) is 0.448. The van der Waals surface area contributed by atoms with Gasteiger partial charge in [-0.3, -0.25) is 0 Å². The largest absolute Gasteiger partial charge is 0.488 e. The molecule has 0 saturated heterocycles. The first kappa shape index (κ1) is 11.2. The Morgan fingerprint density at radius 3 is 3.00 bits per heavy atom. The van der Waals surface area contributed by atoms with Gasteiger partial charge in [0.05, 0.1) is 5.56 Å². The minimum absolute atomic E-state index is 0.0572. The summed E-state index contributed by atoms with van der Waals surface area (Å²) < 4.78 is 7.53. The van der Waals surface area contributed by atoms with Crippen LogP contribution in [0.4, 0.5) is 0 Å². The molecule has 0 saturated carbocycles. The van der Waals surface area contributed by atoms with Crippen molar-refractivity contribution in [3.05, 3.63) is 23.3 Å². The van der Waals surface area contributed by atoms with E-state index in [9.17, 15) is 0 Å². The molecule has 0 fully saturated rings. The van der Waals surface area contributed by atoms with Gasteiger partial charge < -0.3 is 10.5 Å². The zero-order valence-corrected chi connectivity index (χ0v) is 10.4. The maximum absolute atomic E-state index is 5.89. The molecule has 1 aliphatic rings. The number of hydrogen-bond acceptors (Lipinski definition) is 5. The minimum Gasteiger partial charge on any atom is -0.488 e. The highest BCUT2D eigenvalue weighted by atomic mass is 16.5. The molecule has 6 nitrogen and oxygen atoms in total. The van der Waals surface area contributed by atoms with Gasteiger partial charge in [-0.1, -0.05) is 6.07 Å². The Labute approximate surface area is 105 Å². The lowest BCUT2D eigenvalue weighted by molar-refractivity contribution is 0.242. The van der Waals surface area contributed by atoms with Gasteiger partial charge >= 0.3 is 0 Å². The fourth-order valence-corrected chi connectivity index (χ4v) is 2.35. The van der Waals surface area contributed by atoms with Gasteiger partial charge in [0.25, 0.3) is 0 Å². The highest BCUT2D eigenvalue weighted by Crippen LogP contribution is 2.38. The molecule has 1 aromatic heterocycles. The predicted molar refractivity (Wildman–Crippen MR) is 66.1 cm³/mol. The van der Waals surface area contributed by atoms with Crippen molar-refractivity contribution in [2.45, 2.75) is 19.4 Å². The van der Waals surface area contributed by atoms with E-state index < -0.39 is 0 Å². The maximum Gasteiger partial charge on any atom is 0.185 e. The Morgan fingerprint density at radius 2 is 2.33 bits per heavy atom. The summed E-state index contributed by atoms with van der Waals surface area (Å²) in [6.07, 6.45) is 0.910. The van der Waals surface area contributed by atoms with Crippen molar-refractivity contribution < 1.29 is 4.74 Å². The molecule has 2 aromatic rings. The quantitative estimate of drug-likeness (QED) is 0.831. The molecule has 94 valence electrons. The van der Waals surface area contributed by atoms with Crippen LogP contribution in [-0.2, 0) is 13.5 Å². The highest BCUT2D eigenvalue weighted by molar-refractivity contribution is 5.68. The molecule has 18 heavy (non-hydrogen) atoms. The summed E-state index contributed by atoms with van der Waals surface area (Å²) in [6, 6.07) is 4.18. The lowest BCUT2D eigenvalue weighted by Crippen LogP contribution is -2.24. The van der Waals surface area contributed by atoms with E-state index in [4.69, 9.17) is 10.5 Å². The van der Waals surface area contributed by atoms with Crippen molar-refractivity contribution in [1.29, 1.82) is 0 Å². The third-order valence-corrected chi connectivity index (χ3v) is 3.17. The van der Waals surface area contributed by atoms with Crippen molar-refractivity contribution in [1.82, 2.24) is 20.2 Å².